The van der Waals surface area contributed by atoms with Gasteiger partial charge in [-0.3, -0.25) is 4.68 Å². The number of hydrogen-bond donors (Lipinski definition) is 2. The summed E-state index contributed by atoms with van der Waals surface area (Å²) < 4.78 is 1.82. The lowest BCUT2D eigenvalue weighted by Gasteiger charge is -2.06. The number of hydrogen-bond acceptors (Lipinski definition) is 4. The van der Waals surface area contributed by atoms with E-state index in [4.69, 9.17) is 0 Å². The Labute approximate surface area is 133 Å². The highest BCUT2D eigenvalue weighted by Gasteiger charge is 2.08. The van der Waals surface area contributed by atoms with Gasteiger partial charge in [0, 0.05) is 23.8 Å². The molecular formula is C15H19N7O. The maximum Gasteiger partial charge on any atom is 0.319 e. The summed E-state index contributed by atoms with van der Waals surface area (Å²) in [5.41, 5.74) is 3.37. The molecule has 0 fully saturated rings. The van der Waals surface area contributed by atoms with E-state index < -0.39 is 0 Å². The summed E-state index contributed by atoms with van der Waals surface area (Å²) in [6.07, 6.45) is 1.65. The minimum Gasteiger partial charge on any atom is -0.332 e. The first-order chi connectivity index (χ1) is 11.1. The van der Waals surface area contributed by atoms with Crippen LogP contribution in [-0.2, 0) is 20.1 Å². The van der Waals surface area contributed by atoms with Crippen molar-refractivity contribution in [2.75, 3.05) is 5.32 Å². The van der Waals surface area contributed by atoms with Gasteiger partial charge in [0.25, 0.3) is 0 Å². The number of nitrogens with one attached hydrogen (secondary N) is 2. The molecule has 0 spiro atoms. The number of rotatable bonds is 4. The smallest absolute Gasteiger partial charge is 0.319 e. The molecule has 2 heterocycles. The SMILES string of the molecule is CCn1ncc(CNC(=O)Nc2ccc3c(C)n(C)nc3c2)n1. The highest BCUT2D eigenvalue weighted by Crippen LogP contribution is 2.20. The number of carbonyl (C=O) groups excluding carboxylic acids is 1. The predicted octanol–water partition coefficient (Wildman–Crippen LogP) is 1.81. The standard InChI is InChI=1S/C15H19N7O/c1-4-22-17-9-12(19-22)8-16-15(23)18-11-5-6-13-10(2)21(3)20-14(13)7-11/h5-7,9H,4,8H2,1-3H3,(H2,16,18,23). The molecule has 0 aliphatic heterocycles. The zero-order chi connectivity index (χ0) is 16.4. The zero-order valence-electron chi connectivity index (χ0n) is 13.4. The number of carbonyl (C=O) groups is 1. The van der Waals surface area contributed by atoms with Crippen molar-refractivity contribution in [3.05, 3.63) is 35.8 Å². The molecule has 3 aromatic rings. The van der Waals surface area contributed by atoms with Crippen LogP contribution in [0.4, 0.5) is 10.5 Å². The van der Waals surface area contributed by atoms with Crippen molar-refractivity contribution in [3.63, 3.8) is 0 Å². The van der Waals surface area contributed by atoms with Crippen molar-refractivity contribution in [2.45, 2.75) is 26.9 Å². The molecule has 0 bridgehead atoms. The van der Waals surface area contributed by atoms with Gasteiger partial charge in [-0.15, -0.1) is 0 Å². The third-order valence-corrected chi connectivity index (χ3v) is 3.69. The second-order valence-electron chi connectivity index (χ2n) is 5.27. The van der Waals surface area contributed by atoms with Crippen molar-refractivity contribution < 1.29 is 4.79 Å². The molecule has 0 aliphatic carbocycles. The fourth-order valence-electron chi connectivity index (χ4n) is 2.32. The van der Waals surface area contributed by atoms with Crippen LogP contribution in [0.5, 0.6) is 0 Å². The monoisotopic (exact) mass is 313 g/mol. The van der Waals surface area contributed by atoms with Crippen LogP contribution in [0.15, 0.2) is 24.4 Å². The molecular weight excluding hydrogens is 294 g/mol. The minimum atomic E-state index is -0.289. The molecule has 23 heavy (non-hydrogen) atoms. The molecule has 0 aliphatic rings. The van der Waals surface area contributed by atoms with Crippen molar-refractivity contribution in [2.24, 2.45) is 7.05 Å². The predicted molar refractivity (Wildman–Crippen MR) is 87.0 cm³/mol. The molecule has 2 N–H and O–H groups in total. The maximum atomic E-state index is 12.0. The van der Waals surface area contributed by atoms with Gasteiger partial charge in [-0.2, -0.15) is 20.1 Å². The lowest BCUT2D eigenvalue weighted by atomic mass is 10.2. The van der Waals surface area contributed by atoms with Crippen LogP contribution in [-0.4, -0.2) is 30.8 Å². The van der Waals surface area contributed by atoms with Crippen LogP contribution in [0.2, 0.25) is 0 Å². The van der Waals surface area contributed by atoms with E-state index in [0.717, 1.165) is 22.3 Å². The Kier molecular flexibility index (Phi) is 3.96. The van der Waals surface area contributed by atoms with Gasteiger partial charge in [0.1, 0.15) is 5.69 Å². The molecule has 2 amide bonds. The number of urea groups is 1. The topological polar surface area (TPSA) is 89.7 Å². The average Bonchev–Trinajstić information content (AvgIpc) is 3.10. The summed E-state index contributed by atoms with van der Waals surface area (Å²) in [6, 6.07) is 5.39. The fourth-order valence-corrected chi connectivity index (χ4v) is 2.32. The van der Waals surface area contributed by atoms with E-state index in [1.54, 1.807) is 11.0 Å². The summed E-state index contributed by atoms with van der Waals surface area (Å²) >= 11 is 0. The quantitative estimate of drug-likeness (QED) is 0.769. The van der Waals surface area contributed by atoms with Crippen LogP contribution >= 0.6 is 0 Å². The first-order valence-corrected chi connectivity index (χ1v) is 7.44. The minimum absolute atomic E-state index is 0.289. The number of nitrogens with zero attached hydrogens (tertiary/aromatic N) is 5. The Balaban J connectivity index is 1.63. The van der Waals surface area contributed by atoms with E-state index in [1.165, 1.54) is 0 Å². The van der Waals surface area contributed by atoms with Gasteiger partial charge in [0.15, 0.2) is 0 Å². The highest BCUT2D eigenvalue weighted by molar-refractivity contribution is 5.93. The molecule has 8 nitrogen and oxygen atoms in total. The van der Waals surface area contributed by atoms with Crippen LogP contribution in [0.3, 0.4) is 0 Å². The Morgan fingerprint density at radius 1 is 1.30 bits per heavy atom. The zero-order valence-corrected chi connectivity index (χ0v) is 13.4. The normalized spacial score (nSPS) is 10.9. The lowest BCUT2D eigenvalue weighted by molar-refractivity contribution is 0.251. The number of amides is 2. The second kappa shape index (κ2) is 6.07. The fraction of sp³-hybridized carbons (Fsp3) is 0.333. The first kappa shape index (κ1) is 15.0. The van der Waals surface area contributed by atoms with E-state index in [0.29, 0.717) is 18.8 Å². The Hall–Kier alpha value is -2.90. The van der Waals surface area contributed by atoms with Crippen molar-refractivity contribution >= 4 is 22.6 Å². The first-order valence-electron chi connectivity index (χ1n) is 7.44. The molecule has 0 atom stereocenters. The largest absolute Gasteiger partial charge is 0.332 e. The molecule has 2 aromatic heterocycles. The van der Waals surface area contributed by atoms with E-state index in [2.05, 4.69) is 25.9 Å². The van der Waals surface area contributed by atoms with Gasteiger partial charge in [-0.05, 0) is 32.0 Å². The van der Waals surface area contributed by atoms with Crippen LogP contribution in [0, 0.1) is 6.92 Å². The Bertz CT molecular complexity index is 849. The molecule has 0 radical (unpaired) electrons. The lowest BCUT2D eigenvalue weighted by Crippen LogP contribution is -2.28. The second-order valence-corrected chi connectivity index (χ2v) is 5.27. The molecule has 120 valence electrons. The average molecular weight is 313 g/mol. The van der Waals surface area contributed by atoms with Crippen molar-refractivity contribution in [1.82, 2.24) is 30.1 Å². The number of anilines is 1. The van der Waals surface area contributed by atoms with E-state index in [9.17, 15) is 4.79 Å². The summed E-state index contributed by atoms with van der Waals surface area (Å²) in [5, 5.41) is 19.3. The number of fused-ring (bicyclic) bond motifs is 1. The molecule has 0 saturated carbocycles. The molecule has 0 unspecified atom stereocenters. The molecule has 8 heteroatoms. The molecule has 0 saturated heterocycles. The van der Waals surface area contributed by atoms with E-state index in [-0.39, 0.29) is 6.03 Å². The van der Waals surface area contributed by atoms with Crippen LogP contribution in [0.25, 0.3) is 10.9 Å². The maximum absolute atomic E-state index is 12.0. The summed E-state index contributed by atoms with van der Waals surface area (Å²) in [4.78, 5) is 13.5. The highest BCUT2D eigenvalue weighted by atomic mass is 16.2. The summed E-state index contributed by atoms with van der Waals surface area (Å²) in [5.74, 6) is 0. The third kappa shape index (κ3) is 3.15. The summed E-state index contributed by atoms with van der Waals surface area (Å²) in [6.45, 7) is 5.00. The Morgan fingerprint density at radius 3 is 2.87 bits per heavy atom. The van der Waals surface area contributed by atoms with Gasteiger partial charge >= 0.3 is 6.03 Å². The number of aryl methyl sites for hydroxylation is 3. The Morgan fingerprint density at radius 2 is 2.13 bits per heavy atom. The van der Waals surface area contributed by atoms with Crippen LogP contribution < -0.4 is 10.6 Å². The van der Waals surface area contributed by atoms with Gasteiger partial charge in [-0.25, -0.2) is 4.79 Å². The number of benzene rings is 1. The van der Waals surface area contributed by atoms with Gasteiger partial charge in [0.2, 0.25) is 0 Å². The van der Waals surface area contributed by atoms with Crippen molar-refractivity contribution in [3.8, 4) is 0 Å². The number of aromatic nitrogens is 5. The molecule has 3 rings (SSSR count). The van der Waals surface area contributed by atoms with E-state index in [1.807, 2.05) is 43.8 Å². The summed E-state index contributed by atoms with van der Waals surface area (Å²) in [7, 11) is 1.90. The van der Waals surface area contributed by atoms with Crippen LogP contribution in [0.1, 0.15) is 18.3 Å². The third-order valence-electron chi connectivity index (χ3n) is 3.69. The molecule has 1 aromatic carbocycles. The van der Waals surface area contributed by atoms with Gasteiger partial charge in [0.05, 0.1) is 24.8 Å². The van der Waals surface area contributed by atoms with Crippen molar-refractivity contribution in [1.29, 1.82) is 0 Å². The van der Waals surface area contributed by atoms with E-state index >= 15 is 0 Å². The van der Waals surface area contributed by atoms with Gasteiger partial charge in [-0.1, -0.05) is 0 Å². The van der Waals surface area contributed by atoms with Gasteiger partial charge < -0.3 is 10.6 Å².